The van der Waals surface area contributed by atoms with Crippen LogP contribution in [-0.2, 0) is 6.54 Å². The van der Waals surface area contributed by atoms with E-state index in [-0.39, 0.29) is 12.1 Å². The van der Waals surface area contributed by atoms with E-state index < -0.39 is 0 Å². The number of carbonyl (C=O) groups excluding carboxylic acids is 1. The number of fused-ring (bicyclic) bond motifs is 1. The van der Waals surface area contributed by atoms with Crippen molar-refractivity contribution in [3.8, 4) is 11.5 Å². The van der Waals surface area contributed by atoms with Crippen LogP contribution in [0.25, 0.3) is 0 Å². The van der Waals surface area contributed by atoms with Gasteiger partial charge in [0.25, 0.3) is 0 Å². The summed E-state index contributed by atoms with van der Waals surface area (Å²) >= 11 is 0. The fourth-order valence-electron chi connectivity index (χ4n) is 2.01. The molecule has 0 bridgehead atoms. The summed E-state index contributed by atoms with van der Waals surface area (Å²) in [6.07, 6.45) is 1.37. The molecular formula is C15H16N2O4. The summed E-state index contributed by atoms with van der Waals surface area (Å²) < 4.78 is 16.5. The lowest BCUT2D eigenvalue weighted by Crippen LogP contribution is -2.44. The fourth-order valence-corrected chi connectivity index (χ4v) is 2.01. The number of hydrogen-bond acceptors (Lipinski definition) is 4. The molecule has 0 aliphatic carbocycles. The predicted molar refractivity (Wildman–Crippen MR) is 75.3 cm³/mol. The lowest BCUT2D eigenvalue weighted by molar-refractivity contribution is 0.0918. The van der Waals surface area contributed by atoms with Gasteiger partial charge < -0.3 is 24.5 Å². The van der Waals surface area contributed by atoms with Crippen molar-refractivity contribution in [2.45, 2.75) is 12.6 Å². The van der Waals surface area contributed by atoms with Gasteiger partial charge in [0.15, 0.2) is 17.6 Å². The van der Waals surface area contributed by atoms with Crippen LogP contribution >= 0.6 is 0 Å². The van der Waals surface area contributed by atoms with Crippen LogP contribution in [0.15, 0.2) is 47.1 Å². The second-order valence-electron chi connectivity index (χ2n) is 4.64. The second kappa shape index (κ2) is 6.21. The van der Waals surface area contributed by atoms with E-state index in [0.29, 0.717) is 31.2 Å². The summed E-state index contributed by atoms with van der Waals surface area (Å²) in [7, 11) is 0. The zero-order valence-corrected chi connectivity index (χ0v) is 11.4. The van der Waals surface area contributed by atoms with Gasteiger partial charge in [0.05, 0.1) is 19.4 Å². The Hall–Kier alpha value is -2.63. The highest BCUT2D eigenvalue weighted by atomic mass is 16.6. The number of urea groups is 1. The average molecular weight is 288 g/mol. The lowest BCUT2D eigenvalue weighted by Gasteiger charge is -2.26. The molecule has 1 aliphatic rings. The third-order valence-electron chi connectivity index (χ3n) is 3.06. The number of ether oxygens (including phenoxy) is 2. The van der Waals surface area contributed by atoms with E-state index in [2.05, 4.69) is 10.6 Å². The van der Waals surface area contributed by atoms with Gasteiger partial charge in [-0.1, -0.05) is 12.1 Å². The van der Waals surface area contributed by atoms with Gasteiger partial charge >= 0.3 is 6.03 Å². The summed E-state index contributed by atoms with van der Waals surface area (Å²) in [5, 5.41) is 5.45. The number of benzene rings is 1. The summed E-state index contributed by atoms with van der Waals surface area (Å²) in [6, 6.07) is 10.8. The maximum Gasteiger partial charge on any atom is 0.315 e. The number of carbonyl (C=O) groups is 1. The van der Waals surface area contributed by atoms with Crippen molar-refractivity contribution in [2.75, 3.05) is 13.2 Å². The molecule has 110 valence electrons. The molecule has 6 nitrogen and oxygen atoms in total. The zero-order valence-electron chi connectivity index (χ0n) is 11.4. The van der Waals surface area contributed by atoms with Crippen molar-refractivity contribution < 1.29 is 18.7 Å². The summed E-state index contributed by atoms with van der Waals surface area (Å²) in [5.74, 6) is 2.14. The van der Waals surface area contributed by atoms with Gasteiger partial charge in [0.1, 0.15) is 12.4 Å². The largest absolute Gasteiger partial charge is 0.486 e. The highest BCUT2D eigenvalue weighted by Gasteiger charge is 2.20. The Morgan fingerprint density at radius 2 is 2.00 bits per heavy atom. The molecule has 1 aliphatic heterocycles. The minimum absolute atomic E-state index is 0.200. The minimum atomic E-state index is -0.270. The van der Waals surface area contributed by atoms with E-state index in [0.717, 1.165) is 5.75 Å². The van der Waals surface area contributed by atoms with E-state index >= 15 is 0 Å². The first-order valence-electron chi connectivity index (χ1n) is 6.74. The zero-order chi connectivity index (χ0) is 14.5. The fraction of sp³-hybridized carbons (Fsp3) is 0.267. The number of amides is 2. The molecule has 2 heterocycles. The van der Waals surface area contributed by atoms with Gasteiger partial charge in [-0.2, -0.15) is 0 Å². The molecule has 1 atom stereocenters. The lowest BCUT2D eigenvalue weighted by atomic mass is 10.2. The number of nitrogens with one attached hydrogen (secondary N) is 2. The maximum atomic E-state index is 11.7. The molecular weight excluding hydrogens is 272 g/mol. The van der Waals surface area contributed by atoms with Crippen molar-refractivity contribution in [3.63, 3.8) is 0 Å². The molecule has 1 aromatic carbocycles. The van der Waals surface area contributed by atoms with Crippen LogP contribution in [0.3, 0.4) is 0 Å². The molecule has 3 rings (SSSR count). The SMILES string of the molecule is O=C(NCc1ccco1)NC[C@@H]1COc2ccccc2O1. The van der Waals surface area contributed by atoms with Gasteiger partial charge in [-0.3, -0.25) is 0 Å². The Kier molecular flexibility index (Phi) is 3.95. The van der Waals surface area contributed by atoms with Crippen LogP contribution in [0, 0.1) is 0 Å². The molecule has 0 unspecified atom stereocenters. The second-order valence-corrected chi connectivity index (χ2v) is 4.64. The van der Waals surface area contributed by atoms with Crippen molar-refractivity contribution in [1.82, 2.24) is 10.6 Å². The molecule has 0 fully saturated rings. The third kappa shape index (κ3) is 3.47. The molecule has 2 N–H and O–H groups in total. The summed E-state index contributed by atoms with van der Waals surface area (Å²) in [4.78, 5) is 11.7. The van der Waals surface area contributed by atoms with Crippen LogP contribution in [0.1, 0.15) is 5.76 Å². The smallest absolute Gasteiger partial charge is 0.315 e. The van der Waals surface area contributed by atoms with E-state index in [4.69, 9.17) is 13.9 Å². The number of para-hydroxylation sites is 2. The molecule has 21 heavy (non-hydrogen) atoms. The van der Waals surface area contributed by atoms with Gasteiger partial charge in [-0.05, 0) is 24.3 Å². The highest BCUT2D eigenvalue weighted by molar-refractivity contribution is 5.73. The monoisotopic (exact) mass is 288 g/mol. The Bertz CT molecular complexity index is 597. The molecule has 0 radical (unpaired) electrons. The van der Waals surface area contributed by atoms with Crippen molar-refractivity contribution in [1.29, 1.82) is 0 Å². The van der Waals surface area contributed by atoms with Crippen molar-refractivity contribution in [3.05, 3.63) is 48.4 Å². The van der Waals surface area contributed by atoms with Crippen LogP contribution in [0.4, 0.5) is 4.79 Å². The van der Waals surface area contributed by atoms with Crippen LogP contribution in [0.5, 0.6) is 11.5 Å². The molecule has 0 saturated carbocycles. The van der Waals surface area contributed by atoms with E-state index in [9.17, 15) is 4.79 Å². The van der Waals surface area contributed by atoms with Gasteiger partial charge in [0.2, 0.25) is 0 Å². The van der Waals surface area contributed by atoms with Gasteiger partial charge in [-0.15, -0.1) is 0 Å². The standard InChI is InChI=1S/C15H16N2O4/c18-15(16-8-11-4-3-7-19-11)17-9-12-10-20-13-5-1-2-6-14(13)21-12/h1-7,12H,8-10H2,(H2,16,17,18)/t12-/m1/s1. The Labute approximate surface area is 122 Å². The molecule has 2 aromatic rings. The quantitative estimate of drug-likeness (QED) is 0.901. The normalized spacial score (nSPS) is 16.3. The predicted octanol–water partition coefficient (Wildman–Crippen LogP) is 1.92. The minimum Gasteiger partial charge on any atom is -0.486 e. The Balaban J connectivity index is 1.42. The van der Waals surface area contributed by atoms with E-state index in [1.165, 1.54) is 0 Å². The first-order chi connectivity index (χ1) is 10.3. The van der Waals surface area contributed by atoms with Crippen molar-refractivity contribution in [2.24, 2.45) is 0 Å². The number of furan rings is 1. The number of hydrogen-bond donors (Lipinski definition) is 2. The topological polar surface area (TPSA) is 72.7 Å². The van der Waals surface area contributed by atoms with Crippen LogP contribution in [0.2, 0.25) is 0 Å². The van der Waals surface area contributed by atoms with Crippen molar-refractivity contribution >= 4 is 6.03 Å². The number of rotatable bonds is 4. The first-order valence-corrected chi connectivity index (χ1v) is 6.74. The molecule has 6 heteroatoms. The highest BCUT2D eigenvalue weighted by Crippen LogP contribution is 2.30. The van der Waals surface area contributed by atoms with E-state index in [1.54, 1.807) is 18.4 Å². The van der Waals surface area contributed by atoms with Gasteiger partial charge in [0, 0.05) is 0 Å². The van der Waals surface area contributed by atoms with Crippen LogP contribution in [-0.4, -0.2) is 25.3 Å². The summed E-state index contributed by atoms with van der Waals surface area (Å²) in [6.45, 7) is 1.14. The van der Waals surface area contributed by atoms with Crippen LogP contribution < -0.4 is 20.1 Å². The Morgan fingerprint density at radius 3 is 2.81 bits per heavy atom. The summed E-state index contributed by atoms with van der Waals surface area (Å²) in [5.41, 5.74) is 0. The maximum absolute atomic E-state index is 11.7. The average Bonchev–Trinajstić information content (AvgIpc) is 3.04. The molecule has 2 amide bonds. The molecule has 0 saturated heterocycles. The Morgan fingerprint density at radius 1 is 1.14 bits per heavy atom. The molecule has 1 aromatic heterocycles. The third-order valence-corrected chi connectivity index (χ3v) is 3.06. The molecule has 0 spiro atoms. The first kappa shape index (κ1) is 13.4. The van der Waals surface area contributed by atoms with E-state index in [1.807, 2.05) is 24.3 Å². The van der Waals surface area contributed by atoms with Gasteiger partial charge in [-0.25, -0.2) is 4.79 Å².